The molecule has 3 heterocycles. The van der Waals surface area contributed by atoms with Crippen LogP contribution in [0.1, 0.15) is 60.7 Å². The molecule has 1 saturated carbocycles. The molecule has 5 rings (SSSR count). The van der Waals surface area contributed by atoms with Crippen molar-refractivity contribution in [3.63, 3.8) is 0 Å². The number of carbonyl (C=O) groups excluding carboxylic acids is 1. The number of hydrogen-bond donors (Lipinski definition) is 3. The van der Waals surface area contributed by atoms with Gasteiger partial charge in [-0.05, 0) is 57.1 Å². The number of aromatic nitrogens is 2. The number of piperazine rings is 1. The van der Waals surface area contributed by atoms with Crippen molar-refractivity contribution >= 4 is 33.8 Å². The van der Waals surface area contributed by atoms with E-state index in [-0.39, 0.29) is 11.8 Å². The van der Waals surface area contributed by atoms with Crippen molar-refractivity contribution in [2.24, 2.45) is 5.73 Å². The van der Waals surface area contributed by atoms with Crippen molar-refractivity contribution in [3.8, 4) is 6.07 Å². The number of Topliss-reactive ketones (excluding diaryl/α,β-unsaturated/α-hetero) is 1. The number of anilines is 2. The third kappa shape index (κ3) is 3.49. The first-order valence-electron chi connectivity index (χ1n) is 11.6. The summed E-state index contributed by atoms with van der Waals surface area (Å²) in [5, 5.41) is 13.7. The van der Waals surface area contributed by atoms with Gasteiger partial charge in [-0.3, -0.25) is 4.79 Å². The standard InChI is InChI=1S/C24H29N7OS/c1-14-13-28-10-11-31(14)23-29-9-6-17(30-23)20(26)15-4-2-7-24(21(15)32)8-3-5-18-19(24)16(12-25)22(27)33-18/h6,9,14,28H,2-5,7-8,10-11,13,26-27H2,1H3/t14-,24-/m0/s1. The molecule has 0 amide bonds. The Kier molecular flexibility index (Phi) is 5.59. The molecule has 0 radical (unpaired) electrons. The fourth-order valence-electron chi connectivity index (χ4n) is 5.71. The summed E-state index contributed by atoms with van der Waals surface area (Å²) >= 11 is 1.46. The predicted octanol–water partition coefficient (Wildman–Crippen LogP) is 2.49. The minimum Gasteiger partial charge on any atom is -0.397 e. The monoisotopic (exact) mass is 463 g/mol. The molecule has 33 heavy (non-hydrogen) atoms. The van der Waals surface area contributed by atoms with Gasteiger partial charge in [0.1, 0.15) is 11.1 Å². The first kappa shape index (κ1) is 21.9. The van der Waals surface area contributed by atoms with Crippen LogP contribution >= 0.6 is 11.3 Å². The van der Waals surface area contributed by atoms with Gasteiger partial charge in [-0.15, -0.1) is 11.3 Å². The first-order valence-corrected chi connectivity index (χ1v) is 12.4. The van der Waals surface area contributed by atoms with E-state index in [4.69, 9.17) is 16.5 Å². The van der Waals surface area contributed by atoms with E-state index in [1.54, 1.807) is 12.3 Å². The fraction of sp³-hybridized carbons (Fsp3) is 0.500. The van der Waals surface area contributed by atoms with Crippen LogP contribution in [0.4, 0.5) is 10.9 Å². The average molecular weight is 464 g/mol. The van der Waals surface area contributed by atoms with E-state index in [1.807, 2.05) is 0 Å². The number of ketones is 1. The van der Waals surface area contributed by atoms with Gasteiger partial charge in [0, 0.05) is 42.3 Å². The molecule has 0 bridgehead atoms. The fourth-order valence-corrected chi connectivity index (χ4v) is 6.87. The number of rotatable bonds is 2. The van der Waals surface area contributed by atoms with Crippen LogP contribution in [0.5, 0.6) is 0 Å². The second kappa shape index (κ2) is 8.43. The van der Waals surface area contributed by atoms with Crippen LogP contribution in [0.25, 0.3) is 5.70 Å². The van der Waals surface area contributed by atoms with Gasteiger partial charge < -0.3 is 21.7 Å². The van der Waals surface area contributed by atoms with E-state index in [0.717, 1.165) is 62.2 Å². The molecule has 172 valence electrons. The van der Waals surface area contributed by atoms with E-state index >= 15 is 0 Å². The number of nitriles is 1. The smallest absolute Gasteiger partial charge is 0.226 e. The molecule has 1 saturated heterocycles. The lowest BCUT2D eigenvalue weighted by atomic mass is 9.61. The molecule has 2 aliphatic carbocycles. The number of thiophene rings is 1. The molecule has 0 aromatic carbocycles. The first-order chi connectivity index (χ1) is 16.0. The van der Waals surface area contributed by atoms with Crippen molar-refractivity contribution in [2.45, 2.75) is 56.9 Å². The zero-order valence-corrected chi connectivity index (χ0v) is 19.7. The average Bonchev–Trinajstić information content (AvgIpc) is 3.17. The van der Waals surface area contributed by atoms with E-state index in [9.17, 15) is 10.1 Å². The molecule has 8 nitrogen and oxygen atoms in total. The maximum absolute atomic E-state index is 14.1. The molecule has 9 heteroatoms. The molecular formula is C24H29N7OS. The number of nitrogens with one attached hydrogen (secondary N) is 1. The molecule has 5 N–H and O–H groups in total. The second-order valence-electron chi connectivity index (χ2n) is 9.25. The highest BCUT2D eigenvalue weighted by atomic mass is 32.1. The number of fused-ring (bicyclic) bond motifs is 2. The van der Waals surface area contributed by atoms with Crippen LogP contribution < -0.4 is 21.7 Å². The van der Waals surface area contributed by atoms with Crippen molar-refractivity contribution < 1.29 is 4.79 Å². The third-order valence-corrected chi connectivity index (χ3v) is 8.43. The molecule has 2 aromatic rings. The second-order valence-corrected chi connectivity index (χ2v) is 10.4. The van der Waals surface area contributed by atoms with Crippen LogP contribution in [0.2, 0.25) is 0 Å². The number of nitrogen functional groups attached to an aromatic ring is 1. The number of allylic oxidation sites excluding steroid dienone is 1. The van der Waals surface area contributed by atoms with Gasteiger partial charge in [-0.25, -0.2) is 9.97 Å². The highest BCUT2D eigenvalue weighted by Gasteiger charge is 2.49. The lowest BCUT2D eigenvalue weighted by molar-refractivity contribution is -0.122. The van der Waals surface area contributed by atoms with Crippen LogP contribution in [0, 0.1) is 11.3 Å². The topological polar surface area (TPSA) is 134 Å². The van der Waals surface area contributed by atoms with Gasteiger partial charge in [0.25, 0.3) is 0 Å². The minimum absolute atomic E-state index is 0.0391. The Morgan fingerprint density at radius 1 is 1.36 bits per heavy atom. The van der Waals surface area contributed by atoms with E-state index in [2.05, 4.69) is 28.2 Å². The van der Waals surface area contributed by atoms with Gasteiger partial charge in [-0.2, -0.15) is 5.26 Å². The molecular weight excluding hydrogens is 434 g/mol. The van der Waals surface area contributed by atoms with Gasteiger partial charge in [0.05, 0.1) is 22.4 Å². The molecule has 1 aliphatic heterocycles. The number of carbonyl (C=O) groups is 1. The van der Waals surface area contributed by atoms with Crippen LogP contribution in [0.15, 0.2) is 17.8 Å². The zero-order valence-electron chi connectivity index (χ0n) is 18.9. The summed E-state index contributed by atoms with van der Waals surface area (Å²) in [6.07, 6.45) is 6.42. The summed E-state index contributed by atoms with van der Waals surface area (Å²) < 4.78 is 0. The maximum atomic E-state index is 14.1. The molecule has 1 spiro atoms. The summed E-state index contributed by atoms with van der Waals surface area (Å²) in [4.78, 5) is 26.5. The minimum atomic E-state index is -0.701. The summed E-state index contributed by atoms with van der Waals surface area (Å²) in [7, 11) is 0. The largest absolute Gasteiger partial charge is 0.397 e. The van der Waals surface area contributed by atoms with Gasteiger partial charge in [0.15, 0.2) is 5.78 Å². The molecule has 2 atom stereocenters. The summed E-state index contributed by atoms with van der Waals surface area (Å²) in [5.41, 5.74) is 15.1. The van der Waals surface area contributed by atoms with Crippen molar-refractivity contribution in [1.82, 2.24) is 15.3 Å². The number of aryl methyl sites for hydroxylation is 1. The van der Waals surface area contributed by atoms with Crippen LogP contribution in [-0.4, -0.2) is 41.4 Å². The molecule has 2 fully saturated rings. The Balaban J connectivity index is 1.55. The van der Waals surface area contributed by atoms with Gasteiger partial charge in [-0.1, -0.05) is 0 Å². The lowest BCUT2D eigenvalue weighted by Gasteiger charge is -2.40. The highest BCUT2D eigenvalue weighted by molar-refractivity contribution is 7.16. The Morgan fingerprint density at radius 3 is 2.91 bits per heavy atom. The SMILES string of the molecule is C[C@H]1CNCCN1c1nccc(C(N)=C2CCC[C@@]3(CCCc4sc(N)c(C#N)c43)C2=O)n1. The van der Waals surface area contributed by atoms with Gasteiger partial charge in [0.2, 0.25) is 5.95 Å². The number of nitrogens with two attached hydrogens (primary N) is 2. The maximum Gasteiger partial charge on any atom is 0.226 e. The van der Waals surface area contributed by atoms with Crippen molar-refractivity contribution in [3.05, 3.63) is 39.5 Å². The molecule has 3 aliphatic rings. The molecule has 0 unspecified atom stereocenters. The van der Waals surface area contributed by atoms with Crippen molar-refractivity contribution in [1.29, 1.82) is 5.26 Å². The summed E-state index contributed by atoms with van der Waals surface area (Å²) in [6, 6.07) is 4.33. The Labute approximate surface area is 197 Å². The van der Waals surface area contributed by atoms with Crippen molar-refractivity contribution in [2.75, 3.05) is 30.3 Å². The quantitative estimate of drug-likeness (QED) is 0.578. The number of hydrogen-bond acceptors (Lipinski definition) is 9. The number of nitrogens with zero attached hydrogens (tertiary/aromatic N) is 4. The Hall–Kier alpha value is -2.96. The summed E-state index contributed by atoms with van der Waals surface area (Å²) in [6.45, 7) is 4.71. The lowest BCUT2D eigenvalue weighted by Crippen LogP contribution is -2.50. The normalized spacial score (nSPS) is 26.7. The Bertz CT molecular complexity index is 1180. The van der Waals surface area contributed by atoms with E-state index < -0.39 is 5.41 Å². The predicted molar refractivity (Wildman–Crippen MR) is 130 cm³/mol. The van der Waals surface area contributed by atoms with Crippen LogP contribution in [-0.2, 0) is 16.6 Å². The van der Waals surface area contributed by atoms with E-state index in [0.29, 0.717) is 39.9 Å². The van der Waals surface area contributed by atoms with E-state index in [1.165, 1.54) is 11.3 Å². The van der Waals surface area contributed by atoms with Crippen LogP contribution in [0.3, 0.4) is 0 Å². The molecule has 2 aromatic heterocycles. The highest BCUT2D eigenvalue weighted by Crippen LogP contribution is 2.52. The van der Waals surface area contributed by atoms with Gasteiger partial charge >= 0.3 is 0 Å². The Morgan fingerprint density at radius 2 is 2.15 bits per heavy atom. The third-order valence-electron chi connectivity index (χ3n) is 7.35. The summed E-state index contributed by atoms with van der Waals surface area (Å²) in [5.74, 6) is 0.678. The zero-order chi connectivity index (χ0) is 23.2.